The summed E-state index contributed by atoms with van der Waals surface area (Å²) >= 11 is 0. The number of amides is 1. The van der Waals surface area contributed by atoms with Crippen molar-refractivity contribution in [3.63, 3.8) is 0 Å². The number of rotatable bonds is 0. The van der Waals surface area contributed by atoms with Gasteiger partial charge in [0, 0.05) is 12.0 Å². The van der Waals surface area contributed by atoms with Crippen LogP contribution in [-0.2, 0) is 11.2 Å². The summed E-state index contributed by atoms with van der Waals surface area (Å²) in [6.07, 6.45) is 6.71. The lowest BCUT2D eigenvalue weighted by atomic mass is 9.55. The number of nitrogens with one attached hydrogen (secondary N) is 1. The molecule has 126 valence electrons. The van der Waals surface area contributed by atoms with Crippen LogP contribution in [0.25, 0.3) is 0 Å². The maximum Gasteiger partial charge on any atom is 0.220 e. The van der Waals surface area contributed by atoms with Gasteiger partial charge >= 0.3 is 0 Å². The molecule has 3 unspecified atom stereocenters. The molecule has 2 fully saturated rings. The molecule has 2 heteroatoms. The fourth-order valence-corrected chi connectivity index (χ4v) is 5.39. The minimum Gasteiger partial charge on any atom is -0.351 e. The van der Waals surface area contributed by atoms with Gasteiger partial charge < -0.3 is 5.32 Å². The number of aryl methyl sites for hydroxylation is 2. The Morgan fingerprint density at radius 2 is 1.91 bits per heavy atom. The third-order valence-electron chi connectivity index (χ3n) is 6.38. The Labute approximate surface area is 141 Å². The summed E-state index contributed by atoms with van der Waals surface area (Å²) in [5.41, 5.74) is 4.63. The number of benzene rings is 1. The van der Waals surface area contributed by atoms with Crippen molar-refractivity contribution in [2.45, 2.75) is 77.7 Å². The Morgan fingerprint density at radius 1 is 1.13 bits per heavy atom. The highest BCUT2D eigenvalue weighted by Gasteiger charge is 2.50. The molecule has 2 nitrogen and oxygen atoms in total. The van der Waals surface area contributed by atoms with Crippen LogP contribution >= 0.6 is 0 Å². The van der Waals surface area contributed by atoms with E-state index in [1.165, 1.54) is 24.8 Å². The van der Waals surface area contributed by atoms with Gasteiger partial charge in [-0.05, 0) is 74.8 Å². The molecule has 1 saturated heterocycles. The van der Waals surface area contributed by atoms with E-state index < -0.39 is 0 Å². The average Bonchev–Trinajstić information content (AvgIpc) is 2.55. The maximum atomic E-state index is 11.8. The topological polar surface area (TPSA) is 29.1 Å². The predicted octanol–water partition coefficient (Wildman–Crippen LogP) is 4.75. The molecule has 4 atom stereocenters. The highest BCUT2D eigenvalue weighted by Crippen LogP contribution is 2.53. The van der Waals surface area contributed by atoms with Crippen molar-refractivity contribution in [1.29, 1.82) is 0 Å². The molecule has 1 aliphatic heterocycles. The fraction of sp³-hybridized carbons (Fsp3) is 0.667. The van der Waals surface area contributed by atoms with Crippen molar-refractivity contribution < 1.29 is 4.79 Å². The van der Waals surface area contributed by atoms with E-state index in [9.17, 15) is 4.79 Å². The lowest BCUT2D eigenvalue weighted by Crippen LogP contribution is -2.60. The van der Waals surface area contributed by atoms with Crippen LogP contribution in [0.3, 0.4) is 0 Å². The molecule has 3 aliphatic rings. The number of carbonyl (C=O) groups is 1. The molecular weight excluding hydrogens is 282 g/mol. The Hall–Kier alpha value is -1.31. The largest absolute Gasteiger partial charge is 0.351 e. The summed E-state index contributed by atoms with van der Waals surface area (Å²) in [7, 11) is 0. The van der Waals surface area contributed by atoms with E-state index in [4.69, 9.17) is 0 Å². The highest BCUT2D eigenvalue weighted by molar-refractivity contribution is 5.77. The molecule has 1 N–H and O–H groups in total. The summed E-state index contributed by atoms with van der Waals surface area (Å²) in [5, 5.41) is 3.32. The van der Waals surface area contributed by atoms with Gasteiger partial charge in [-0.25, -0.2) is 0 Å². The minimum absolute atomic E-state index is 0.0543. The van der Waals surface area contributed by atoms with Gasteiger partial charge in [0.25, 0.3) is 0 Å². The molecular formula is C21H31NO. The quantitative estimate of drug-likeness (QED) is 0.736. The zero-order valence-corrected chi connectivity index (χ0v) is 15.1. The Balaban J connectivity index is 0.000000753. The molecule has 0 aromatic heterocycles. The molecule has 23 heavy (non-hydrogen) atoms. The first-order valence-electron chi connectivity index (χ1n) is 9.47. The lowest BCUT2D eigenvalue weighted by molar-refractivity contribution is -0.129. The van der Waals surface area contributed by atoms with E-state index in [-0.39, 0.29) is 11.4 Å². The first-order chi connectivity index (χ1) is 11.1. The van der Waals surface area contributed by atoms with Gasteiger partial charge in [-0.3, -0.25) is 4.79 Å². The van der Waals surface area contributed by atoms with Crippen LogP contribution in [0.15, 0.2) is 18.2 Å². The van der Waals surface area contributed by atoms with Crippen LogP contribution in [-0.4, -0.2) is 11.4 Å². The van der Waals surface area contributed by atoms with Crippen molar-refractivity contribution in [1.82, 2.24) is 5.32 Å². The number of carbonyl (C=O) groups excluding carboxylic acids is 1. The van der Waals surface area contributed by atoms with Gasteiger partial charge in [0.2, 0.25) is 5.91 Å². The van der Waals surface area contributed by atoms with Gasteiger partial charge in [0.05, 0.1) is 0 Å². The fourth-order valence-electron chi connectivity index (χ4n) is 5.39. The van der Waals surface area contributed by atoms with Crippen LogP contribution in [0.2, 0.25) is 0 Å². The number of hydrogen-bond donors (Lipinski definition) is 1. The molecule has 0 bridgehead atoms. The van der Waals surface area contributed by atoms with E-state index >= 15 is 0 Å². The van der Waals surface area contributed by atoms with Crippen LogP contribution in [0.1, 0.15) is 75.5 Å². The van der Waals surface area contributed by atoms with Crippen LogP contribution in [0.5, 0.6) is 0 Å². The number of hydrogen-bond acceptors (Lipinski definition) is 1. The van der Waals surface area contributed by atoms with E-state index in [0.717, 1.165) is 31.1 Å². The number of piperidine rings is 1. The zero-order chi connectivity index (χ0) is 16.6. The SMILES string of the molecule is CC.Cc1ccc2c(c1)CCC1C2CC[C@]2(C)NC(=O)CCC12. The van der Waals surface area contributed by atoms with Crippen LogP contribution in [0, 0.1) is 18.8 Å². The molecule has 1 amide bonds. The second kappa shape index (κ2) is 6.30. The van der Waals surface area contributed by atoms with Gasteiger partial charge in [0.15, 0.2) is 0 Å². The van der Waals surface area contributed by atoms with Crippen LogP contribution < -0.4 is 5.32 Å². The normalized spacial score (nSPS) is 35.0. The van der Waals surface area contributed by atoms with Gasteiger partial charge in [-0.1, -0.05) is 37.6 Å². The second-order valence-corrected chi connectivity index (χ2v) is 7.66. The monoisotopic (exact) mass is 313 g/mol. The Bertz CT molecular complexity index is 594. The predicted molar refractivity (Wildman–Crippen MR) is 95.6 cm³/mol. The Morgan fingerprint density at radius 3 is 2.70 bits per heavy atom. The first-order valence-corrected chi connectivity index (χ1v) is 9.47. The maximum absolute atomic E-state index is 11.8. The molecule has 1 aromatic rings. The average molecular weight is 313 g/mol. The van der Waals surface area contributed by atoms with E-state index in [1.54, 1.807) is 11.1 Å². The van der Waals surface area contributed by atoms with E-state index in [1.807, 2.05) is 13.8 Å². The minimum atomic E-state index is 0.0543. The van der Waals surface area contributed by atoms with Gasteiger partial charge in [-0.15, -0.1) is 0 Å². The first kappa shape index (κ1) is 16.5. The second-order valence-electron chi connectivity index (χ2n) is 7.66. The Kier molecular flexibility index (Phi) is 4.53. The smallest absolute Gasteiger partial charge is 0.220 e. The molecule has 0 radical (unpaired) electrons. The van der Waals surface area contributed by atoms with E-state index in [0.29, 0.717) is 5.92 Å². The van der Waals surface area contributed by atoms with Crippen LogP contribution in [0.4, 0.5) is 0 Å². The highest BCUT2D eigenvalue weighted by atomic mass is 16.1. The van der Waals surface area contributed by atoms with Crippen molar-refractivity contribution >= 4 is 5.91 Å². The van der Waals surface area contributed by atoms with Crippen molar-refractivity contribution in [2.24, 2.45) is 11.8 Å². The summed E-state index contributed by atoms with van der Waals surface area (Å²) < 4.78 is 0. The molecule has 1 saturated carbocycles. The third kappa shape index (κ3) is 2.81. The van der Waals surface area contributed by atoms with E-state index in [2.05, 4.69) is 37.4 Å². The standard InChI is InChI=1S/C19H25NO.C2H6/c1-12-3-5-14-13(11-12)4-6-16-15(14)9-10-19(2)17(16)7-8-18(21)20-19;1-2/h3,5,11,15-17H,4,6-10H2,1-2H3,(H,20,21);1-2H3/t15?,16?,17?,19-;/m0./s1. The zero-order valence-electron chi connectivity index (χ0n) is 15.1. The summed E-state index contributed by atoms with van der Waals surface area (Å²) in [6.45, 7) is 8.48. The molecule has 2 aliphatic carbocycles. The van der Waals surface area contributed by atoms with Crippen molar-refractivity contribution in [2.75, 3.05) is 0 Å². The van der Waals surface area contributed by atoms with Gasteiger partial charge in [0.1, 0.15) is 0 Å². The molecule has 4 rings (SSSR count). The lowest BCUT2D eigenvalue weighted by Gasteiger charge is -2.54. The summed E-state index contributed by atoms with van der Waals surface area (Å²) in [5.74, 6) is 2.42. The summed E-state index contributed by atoms with van der Waals surface area (Å²) in [4.78, 5) is 11.8. The molecule has 0 spiro atoms. The van der Waals surface area contributed by atoms with Crippen molar-refractivity contribution in [3.05, 3.63) is 34.9 Å². The molecule has 1 aromatic carbocycles. The van der Waals surface area contributed by atoms with Gasteiger partial charge in [-0.2, -0.15) is 0 Å². The molecule has 1 heterocycles. The summed E-state index contributed by atoms with van der Waals surface area (Å²) in [6, 6.07) is 7.05. The third-order valence-corrected chi connectivity index (χ3v) is 6.38. The number of fused-ring (bicyclic) bond motifs is 5. The van der Waals surface area contributed by atoms with Crippen molar-refractivity contribution in [3.8, 4) is 0 Å².